The number of anilines is 1. The molecular formula is C60H50BN. The van der Waals surface area contributed by atoms with Crippen LogP contribution in [0.5, 0.6) is 0 Å². The van der Waals surface area contributed by atoms with E-state index in [0.717, 1.165) is 25.0 Å². The fourth-order valence-corrected chi connectivity index (χ4v) is 12.4. The Labute approximate surface area is 368 Å². The van der Waals surface area contributed by atoms with Gasteiger partial charge < -0.3 is 4.90 Å². The Morgan fingerprint density at radius 2 is 1.19 bits per heavy atom. The first-order valence-electron chi connectivity index (χ1n) is 22.7. The molecule has 1 aliphatic heterocycles. The molecule has 0 spiro atoms. The number of fused-ring (bicyclic) bond motifs is 11. The minimum atomic E-state index is -0.490. The van der Waals surface area contributed by atoms with Crippen molar-refractivity contribution < 1.29 is 0 Å². The van der Waals surface area contributed by atoms with Gasteiger partial charge in [-0.3, -0.25) is 0 Å². The highest BCUT2D eigenvalue weighted by atomic mass is 15.1. The third kappa shape index (κ3) is 5.22. The number of aryl methyl sites for hydroxylation is 1. The third-order valence-corrected chi connectivity index (χ3v) is 15.3. The zero-order chi connectivity index (χ0) is 41.8. The molecule has 2 heteroatoms. The quantitative estimate of drug-likeness (QED) is 0.157. The highest BCUT2D eigenvalue weighted by Gasteiger charge is 2.48. The molecule has 0 amide bonds. The lowest BCUT2D eigenvalue weighted by atomic mass is 9.63. The van der Waals surface area contributed by atoms with Crippen LogP contribution in [0, 0.1) is 6.92 Å². The second-order valence-corrected chi connectivity index (χ2v) is 19.0. The lowest BCUT2D eigenvalue weighted by molar-refractivity contribution is 0.577. The SMILES string of the molecule is [B]c1ccc2c3c(c4c(c2c1)CC(c1ccc(N2CCCCC2)cc1)(c1ccc2c(c1)C(c1ccccc1)(c1ccccc1)c1ccccc1-2)C=C4)C(C)(C)c1cc(C)ccc1-3. The van der Waals surface area contributed by atoms with Crippen molar-refractivity contribution >= 4 is 35.8 Å². The van der Waals surface area contributed by atoms with Crippen LogP contribution in [0.4, 0.5) is 5.69 Å². The summed E-state index contributed by atoms with van der Waals surface area (Å²) in [5.74, 6) is 0. The Bertz CT molecular complexity index is 3070. The molecule has 2 radical (unpaired) electrons. The van der Waals surface area contributed by atoms with Crippen molar-refractivity contribution in [3.05, 3.63) is 231 Å². The molecule has 12 rings (SSSR count). The summed E-state index contributed by atoms with van der Waals surface area (Å²) in [5.41, 5.74) is 21.1. The minimum Gasteiger partial charge on any atom is -0.372 e. The Morgan fingerprint density at radius 3 is 1.94 bits per heavy atom. The maximum absolute atomic E-state index is 6.77. The summed E-state index contributed by atoms with van der Waals surface area (Å²) in [5, 5.41) is 2.56. The van der Waals surface area contributed by atoms with Gasteiger partial charge in [-0.1, -0.05) is 189 Å². The normalized spacial score (nSPS) is 18.8. The molecule has 4 aliphatic rings. The monoisotopic (exact) mass is 795 g/mol. The van der Waals surface area contributed by atoms with Crippen LogP contribution in [0.3, 0.4) is 0 Å². The van der Waals surface area contributed by atoms with E-state index < -0.39 is 10.8 Å². The van der Waals surface area contributed by atoms with Gasteiger partial charge in [0.15, 0.2) is 0 Å². The molecule has 298 valence electrons. The number of piperidine rings is 1. The topological polar surface area (TPSA) is 3.24 Å². The number of hydrogen-bond donors (Lipinski definition) is 0. The number of benzene rings is 8. The van der Waals surface area contributed by atoms with Crippen LogP contribution in [0.15, 0.2) is 170 Å². The maximum atomic E-state index is 6.77. The van der Waals surface area contributed by atoms with Crippen LogP contribution in [0.25, 0.3) is 39.1 Å². The van der Waals surface area contributed by atoms with E-state index in [9.17, 15) is 0 Å². The van der Waals surface area contributed by atoms with Crippen LogP contribution in [-0.2, 0) is 22.7 Å². The maximum Gasteiger partial charge on any atom is 0.113 e. The zero-order valence-corrected chi connectivity index (χ0v) is 36.0. The van der Waals surface area contributed by atoms with Gasteiger partial charge in [0.1, 0.15) is 7.85 Å². The van der Waals surface area contributed by atoms with Crippen LogP contribution in [0.2, 0.25) is 0 Å². The molecule has 8 aromatic carbocycles. The Hall–Kier alpha value is -6.38. The number of nitrogens with zero attached hydrogens (tertiary/aromatic N) is 1. The smallest absolute Gasteiger partial charge is 0.113 e. The van der Waals surface area contributed by atoms with E-state index in [-0.39, 0.29) is 5.41 Å². The molecule has 1 saturated heterocycles. The molecule has 1 unspecified atom stereocenters. The van der Waals surface area contributed by atoms with E-state index in [2.05, 4.69) is 202 Å². The van der Waals surface area contributed by atoms with Gasteiger partial charge in [-0.2, -0.15) is 0 Å². The molecule has 1 atom stereocenters. The van der Waals surface area contributed by atoms with Crippen molar-refractivity contribution in [2.45, 2.75) is 62.7 Å². The summed E-state index contributed by atoms with van der Waals surface area (Å²) in [4.78, 5) is 2.58. The summed E-state index contributed by atoms with van der Waals surface area (Å²) in [6.45, 7) is 9.33. The van der Waals surface area contributed by atoms with E-state index in [1.165, 1.54) is 119 Å². The molecular weight excluding hydrogens is 745 g/mol. The van der Waals surface area contributed by atoms with Crippen molar-refractivity contribution in [1.29, 1.82) is 0 Å². The molecule has 3 aliphatic carbocycles. The average Bonchev–Trinajstić information content (AvgIpc) is 3.75. The van der Waals surface area contributed by atoms with Crippen LogP contribution in [0.1, 0.15) is 94.3 Å². The summed E-state index contributed by atoms with van der Waals surface area (Å²) in [6, 6.07) is 62.4. The van der Waals surface area contributed by atoms with Crippen molar-refractivity contribution in [3.63, 3.8) is 0 Å². The van der Waals surface area contributed by atoms with E-state index in [1.54, 1.807) is 0 Å². The lowest BCUT2D eigenvalue weighted by Gasteiger charge is -2.40. The molecule has 1 nitrogen and oxygen atoms in total. The van der Waals surface area contributed by atoms with Crippen molar-refractivity contribution in [2.75, 3.05) is 18.0 Å². The van der Waals surface area contributed by atoms with Gasteiger partial charge in [-0.25, -0.2) is 0 Å². The predicted octanol–water partition coefficient (Wildman–Crippen LogP) is 13.2. The fraction of sp³-hybridized carbons (Fsp3) is 0.200. The molecule has 1 heterocycles. The predicted molar refractivity (Wildman–Crippen MR) is 261 cm³/mol. The van der Waals surface area contributed by atoms with Crippen LogP contribution < -0.4 is 10.4 Å². The van der Waals surface area contributed by atoms with Gasteiger partial charge in [0, 0.05) is 29.6 Å². The highest BCUT2D eigenvalue weighted by Crippen LogP contribution is 2.59. The zero-order valence-electron chi connectivity index (χ0n) is 36.0. The minimum absolute atomic E-state index is 0.166. The number of hydrogen-bond acceptors (Lipinski definition) is 1. The summed E-state index contributed by atoms with van der Waals surface area (Å²) in [7, 11) is 6.77. The lowest BCUT2D eigenvalue weighted by Crippen LogP contribution is -2.33. The molecule has 62 heavy (non-hydrogen) atoms. The van der Waals surface area contributed by atoms with Crippen LogP contribution in [-0.4, -0.2) is 20.9 Å². The number of rotatable bonds is 5. The van der Waals surface area contributed by atoms with Crippen LogP contribution >= 0.6 is 0 Å². The summed E-state index contributed by atoms with van der Waals surface area (Å²) < 4.78 is 0. The van der Waals surface area contributed by atoms with E-state index in [0.29, 0.717) is 0 Å². The fourth-order valence-electron chi connectivity index (χ4n) is 12.4. The Morgan fingerprint density at radius 1 is 0.532 bits per heavy atom. The first-order valence-corrected chi connectivity index (χ1v) is 22.7. The first kappa shape index (κ1) is 37.4. The average molecular weight is 796 g/mol. The van der Waals surface area contributed by atoms with Crippen molar-refractivity contribution in [1.82, 2.24) is 0 Å². The molecule has 0 aromatic heterocycles. The van der Waals surface area contributed by atoms with E-state index in [4.69, 9.17) is 7.85 Å². The second-order valence-electron chi connectivity index (χ2n) is 19.0. The molecule has 0 bridgehead atoms. The van der Waals surface area contributed by atoms with E-state index >= 15 is 0 Å². The second kappa shape index (κ2) is 13.8. The van der Waals surface area contributed by atoms with Gasteiger partial charge in [0.2, 0.25) is 0 Å². The number of allylic oxidation sites excluding steroid dienone is 1. The van der Waals surface area contributed by atoms with Gasteiger partial charge in [-0.05, 0) is 133 Å². The highest BCUT2D eigenvalue weighted by molar-refractivity contribution is 6.33. The Balaban J connectivity index is 1.13. The first-order chi connectivity index (χ1) is 30.3. The molecule has 8 aromatic rings. The van der Waals surface area contributed by atoms with Gasteiger partial charge in [-0.15, -0.1) is 0 Å². The van der Waals surface area contributed by atoms with Gasteiger partial charge >= 0.3 is 0 Å². The van der Waals surface area contributed by atoms with E-state index in [1.807, 2.05) is 0 Å². The Kier molecular flexibility index (Phi) is 8.33. The van der Waals surface area contributed by atoms with Crippen molar-refractivity contribution in [3.8, 4) is 22.3 Å². The third-order valence-electron chi connectivity index (χ3n) is 15.3. The van der Waals surface area contributed by atoms with Gasteiger partial charge in [0.05, 0.1) is 5.41 Å². The molecule has 1 fully saturated rings. The molecule has 0 saturated carbocycles. The van der Waals surface area contributed by atoms with Gasteiger partial charge in [0.25, 0.3) is 0 Å². The molecule has 0 N–H and O–H groups in total. The largest absolute Gasteiger partial charge is 0.372 e. The summed E-state index contributed by atoms with van der Waals surface area (Å²) in [6.07, 6.45) is 9.73. The standard InChI is InChI=1S/C60H50BN/c1-39-21-28-50-54(35-39)58(2,3)57-49-31-32-59(38-52(49)51-37-44(61)25-30-48(51)56(50)57,40-22-26-45(27-23-40)62-33-13-6-14-34-62)43-24-29-47-46-19-11-12-20-53(46)60(55(47)36-43,41-15-7-4-8-16-41)42-17-9-5-10-18-42/h4-5,7-12,15-32,35-37H,6,13-14,33-34,38H2,1-3H3. The van der Waals surface area contributed by atoms with Crippen molar-refractivity contribution in [2.24, 2.45) is 0 Å². The summed E-state index contributed by atoms with van der Waals surface area (Å²) >= 11 is 0.